The first-order valence-electron chi connectivity index (χ1n) is 10.2. The molecule has 10 heteroatoms. The second-order valence-electron chi connectivity index (χ2n) is 6.82. The number of amides is 1. The van der Waals surface area contributed by atoms with Crippen molar-refractivity contribution in [3.05, 3.63) is 65.7 Å². The normalized spacial score (nSPS) is 13.3. The van der Waals surface area contributed by atoms with Crippen LogP contribution in [0.3, 0.4) is 0 Å². The maximum atomic E-state index is 12.6. The van der Waals surface area contributed by atoms with Gasteiger partial charge in [0.1, 0.15) is 6.04 Å². The van der Waals surface area contributed by atoms with Crippen LogP contribution in [-0.4, -0.2) is 46.2 Å². The first kappa shape index (κ1) is 25.9. The van der Waals surface area contributed by atoms with Gasteiger partial charge in [0, 0.05) is 16.2 Å². The van der Waals surface area contributed by atoms with E-state index in [9.17, 15) is 23.5 Å². The summed E-state index contributed by atoms with van der Waals surface area (Å²) in [6.45, 7) is 3.97. The highest BCUT2D eigenvalue weighted by Crippen LogP contribution is 2.51. The Labute approximate surface area is 190 Å². The van der Waals surface area contributed by atoms with Crippen LogP contribution in [-0.2, 0) is 35.4 Å². The third-order valence-electron chi connectivity index (χ3n) is 4.45. The van der Waals surface area contributed by atoms with E-state index >= 15 is 0 Å². The van der Waals surface area contributed by atoms with Crippen LogP contribution in [0.25, 0.3) is 0 Å². The molecule has 0 aliphatic rings. The monoisotopic (exact) mass is 481 g/mol. The van der Waals surface area contributed by atoms with E-state index in [0.717, 1.165) is 0 Å². The average Bonchev–Trinajstić information content (AvgIpc) is 2.77. The zero-order valence-electron chi connectivity index (χ0n) is 18.1. The zero-order chi connectivity index (χ0) is 23.6. The molecule has 0 aromatic heterocycles. The van der Waals surface area contributed by atoms with Crippen LogP contribution in [0, 0.1) is 0 Å². The van der Waals surface area contributed by atoms with Crippen LogP contribution in [0.5, 0.6) is 0 Å². The lowest BCUT2D eigenvalue weighted by Crippen LogP contribution is -2.41. The summed E-state index contributed by atoms with van der Waals surface area (Å²) in [5.41, 5.74) is 0.923. The van der Waals surface area contributed by atoms with E-state index in [0.29, 0.717) is 10.5 Å². The Balaban J connectivity index is 1.99. The fourth-order valence-electron chi connectivity index (χ4n) is 2.92. The maximum Gasteiger partial charge on any atom is 0.335 e. The van der Waals surface area contributed by atoms with Gasteiger partial charge in [-0.3, -0.25) is 13.6 Å². The maximum absolute atomic E-state index is 12.6. The van der Waals surface area contributed by atoms with E-state index < -0.39 is 36.3 Å². The Kier molecular flexibility index (Phi) is 10.3. The van der Waals surface area contributed by atoms with Crippen molar-refractivity contribution in [1.82, 2.24) is 5.32 Å². The van der Waals surface area contributed by atoms with Crippen molar-refractivity contribution >= 4 is 30.3 Å². The smallest absolute Gasteiger partial charge is 0.335 e. The Bertz CT molecular complexity index is 956. The number of hydrogen-bond donors (Lipinski definition) is 2. The lowest BCUT2D eigenvalue weighted by atomic mass is 10.1. The minimum atomic E-state index is -3.27. The number of aliphatic carboxylic acids is 1. The lowest BCUT2D eigenvalue weighted by molar-refractivity contribution is -0.139. The number of carboxylic acid groups (broad SMARTS) is 1. The number of nitrogens with one attached hydrogen (secondary N) is 1. The van der Waals surface area contributed by atoms with Gasteiger partial charge in [0.05, 0.1) is 30.2 Å². The van der Waals surface area contributed by atoms with Crippen molar-refractivity contribution in [1.29, 1.82) is 0 Å². The molecule has 0 fully saturated rings. The van der Waals surface area contributed by atoms with Crippen molar-refractivity contribution < 1.29 is 32.5 Å². The molecule has 0 heterocycles. The third kappa shape index (κ3) is 7.98. The molecule has 0 spiro atoms. The van der Waals surface area contributed by atoms with Gasteiger partial charge in [0.15, 0.2) is 0 Å². The minimum absolute atomic E-state index is 0.0204. The predicted octanol–water partition coefficient (Wildman–Crippen LogP) is 3.83. The molecule has 2 aromatic carbocycles. The molecule has 2 rings (SSSR count). The summed E-state index contributed by atoms with van der Waals surface area (Å²) in [6, 6.07) is 13.9. The molecule has 0 radical (unpaired) electrons. The van der Waals surface area contributed by atoms with Gasteiger partial charge < -0.3 is 19.5 Å². The zero-order valence-corrected chi connectivity index (χ0v) is 19.8. The van der Waals surface area contributed by atoms with Crippen LogP contribution >= 0.6 is 7.60 Å². The summed E-state index contributed by atoms with van der Waals surface area (Å²) in [5, 5.41) is 11.9. The molecule has 0 aliphatic carbocycles. The van der Waals surface area contributed by atoms with Gasteiger partial charge in [0.25, 0.3) is 5.91 Å². The standard InChI is InChI=1S/C22H28NO7PS/c1-3-29-31(27,30-4-2)16-17-10-12-18(13-11-17)21(24)23-20(22(25)26)14-15-32(28)19-8-6-5-7-9-19/h5-13,20H,3-4,14-16H2,1-2H3,(H,23,24)(H,25,26)/t20-,32-/m0/s1. The number of carboxylic acids is 1. The molecule has 2 atom stereocenters. The molecule has 1 amide bonds. The number of benzene rings is 2. The Hall–Kier alpha value is -2.32. The van der Waals surface area contributed by atoms with E-state index in [-0.39, 0.29) is 37.1 Å². The first-order valence-corrected chi connectivity index (χ1v) is 13.3. The average molecular weight is 482 g/mol. The molecular formula is C22H28NO7PS. The summed E-state index contributed by atoms with van der Waals surface area (Å²) < 4.78 is 35.5. The lowest BCUT2D eigenvalue weighted by Gasteiger charge is -2.17. The van der Waals surface area contributed by atoms with Crippen molar-refractivity contribution in [3.8, 4) is 0 Å². The second kappa shape index (κ2) is 12.6. The fourth-order valence-corrected chi connectivity index (χ4v) is 5.77. The third-order valence-corrected chi connectivity index (χ3v) is 7.91. The molecule has 0 saturated carbocycles. The summed E-state index contributed by atoms with van der Waals surface area (Å²) >= 11 is 0. The number of rotatable bonds is 13. The van der Waals surface area contributed by atoms with E-state index in [1.54, 1.807) is 56.3 Å². The van der Waals surface area contributed by atoms with Gasteiger partial charge in [-0.1, -0.05) is 30.3 Å². The highest BCUT2D eigenvalue weighted by molar-refractivity contribution is 7.85. The van der Waals surface area contributed by atoms with E-state index in [1.807, 2.05) is 0 Å². The minimum Gasteiger partial charge on any atom is -0.480 e. The largest absolute Gasteiger partial charge is 0.480 e. The van der Waals surface area contributed by atoms with Crippen molar-refractivity contribution in [2.24, 2.45) is 0 Å². The molecule has 8 nitrogen and oxygen atoms in total. The molecule has 174 valence electrons. The van der Waals surface area contributed by atoms with Crippen molar-refractivity contribution in [2.75, 3.05) is 19.0 Å². The summed E-state index contributed by atoms with van der Waals surface area (Å²) in [4.78, 5) is 24.7. The summed E-state index contributed by atoms with van der Waals surface area (Å²) in [7, 11) is -4.63. The van der Waals surface area contributed by atoms with Gasteiger partial charge in [0.2, 0.25) is 0 Å². The number of carbonyl (C=O) groups excluding carboxylic acids is 1. The fraction of sp³-hybridized carbons (Fsp3) is 0.364. The highest BCUT2D eigenvalue weighted by atomic mass is 32.2. The summed E-state index contributed by atoms with van der Waals surface area (Å²) in [6.07, 6.45) is 0.0895. The van der Waals surface area contributed by atoms with E-state index in [1.165, 1.54) is 12.1 Å². The quantitative estimate of drug-likeness (QED) is 0.417. The van der Waals surface area contributed by atoms with Crippen LogP contribution in [0.15, 0.2) is 59.5 Å². The first-order chi connectivity index (χ1) is 15.3. The molecule has 0 aliphatic heterocycles. The molecule has 2 aromatic rings. The predicted molar refractivity (Wildman–Crippen MR) is 122 cm³/mol. The van der Waals surface area contributed by atoms with E-state index in [2.05, 4.69) is 5.32 Å². The topological polar surface area (TPSA) is 119 Å². The second-order valence-corrected chi connectivity index (χ2v) is 10.4. The van der Waals surface area contributed by atoms with Crippen LogP contribution in [0.4, 0.5) is 0 Å². The van der Waals surface area contributed by atoms with Gasteiger partial charge >= 0.3 is 13.6 Å². The summed E-state index contributed by atoms with van der Waals surface area (Å²) in [5.74, 6) is -1.66. The Morgan fingerprint density at radius 1 is 1.03 bits per heavy atom. The molecule has 0 bridgehead atoms. The van der Waals surface area contributed by atoms with Gasteiger partial charge in [-0.15, -0.1) is 0 Å². The molecule has 0 saturated heterocycles. The van der Waals surface area contributed by atoms with Gasteiger partial charge in [-0.2, -0.15) is 0 Å². The van der Waals surface area contributed by atoms with Crippen LogP contribution < -0.4 is 5.32 Å². The van der Waals surface area contributed by atoms with E-state index in [4.69, 9.17) is 9.05 Å². The van der Waals surface area contributed by atoms with Crippen molar-refractivity contribution in [2.45, 2.75) is 37.4 Å². The van der Waals surface area contributed by atoms with Crippen LogP contribution in [0.1, 0.15) is 36.2 Å². The number of carbonyl (C=O) groups is 2. The van der Waals surface area contributed by atoms with Gasteiger partial charge in [-0.05, 0) is 50.1 Å². The van der Waals surface area contributed by atoms with Gasteiger partial charge in [-0.25, -0.2) is 4.79 Å². The highest BCUT2D eigenvalue weighted by Gasteiger charge is 2.25. The van der Waals surface area contributed by atoms with Crippen LogP contribution in [0.2, 0.25) is 0 Å². The Morgan fingerprint density at radius 2 is 1.62 bits per heavy atom. The number of hydrogen-bond acceptors (Lipinski definition) is 6. The molecule has 0 unspecified atom stereocenters. The molecule has 32 heavy (non-hydrogen) atoms. The van der Waals surface area contributed by atoms with Crippen molar-refractivity contribution in [3.63, 3.8) is 0 Å². The molecule has 2 N–H and O–H groups in total. The Morgan fingerprint density at radius 3 is 2.16 bits per heavy atom. The molecular weight excluding hydrogens is 453 g/mol. The SMILES string of the molecule is CCOP(=O)(Cc1ccc(C(=O)N[C@@H](CC[S@](=O)c2ccccc2)C(=O)O)cc1)OCC.